The minimum atomic E-state index is -0.740. The summed E-state index contributed by atoms with van der Waals surface area (Å²) in [6.07, 6.45) is 0.581. The molecule has 0 radical (unpaired) electrons. The number of β-amino-alcohol motifs (C(OH)–C–C–N with tert-alkyl or cyclic N) is 2. The molecule has 86 valence electrons. The summed E-state index contributed by atoms with van der Waals surface area (Å²) < 4.78 is 4.75. The van der Waals surface area contributed by atoms with Crippen molar-refractivity contribution >= 4 is 5.97 Å². The monoisotopic (exact) mass is 215 g/mol. The van der Waals surface area contributed by atoms with Crippen molar-refractivity contribution in [3.05, 3.63) is 0 Å². The van der Waals surface area contributed by atoms with Crippen LogP contribution in [0.25, 0.3) is 0 Å². The molecule has 5 nitrogen and oxygen atoms in total. The topological polar surface area (TPSA) is 70.0 Å². The third-order valence-corrected chi connectivity index (χ3v) is 3.19. The molecule has 0 aromatic rings. The Labute approximate surface area is 88.6 Å². The molecule has 3 unspecified atom stereocenters. The molecule has 1 aliphatic carbocycles. The zero-order chi connectivity index (χ0) is 11.0. The van der Waals surface area contributed by atoms with E-state index in [4.69, 9.17) is 4.74 Å². The number of carbonyl (C=O) groups is 1. The van der Waals surface area contributed by atoms with Crippen LogP contribution in [0.3, 0.4) is 0 Å². The average molecular weight is 215 g/mol. The number of carbonyl (C=O) groups excluding carboxylic acids is 1. The molecule has 2 N–H and O–H groups in total. The maximum Gasteiger partial charge on any atom is 0.323 e. The molecule has 1 aliphatic heterocycles. The van der Waals surface area contributed by atoms with E-state index in [9.17, 15) is 15.0 Å². The lowest BCUT2D eigenvalue weighted by molar-refractivity contribution is -0.147. The Morgan fingerprint density at radius 1 is 1.33 bits per heavy atom. The highest BCUT2D eigenvalue weighted by Crippen LogP contribution is 2.37. The maximum absolute atomic E-state index is 11.6. The van der Waals surface area contributed by atoms with Crippen LogP contribution in [0, 0.1) is 5.92 Å². The van der Waals surface area contributed by atoms with Gasteiger partial charge in [-0.1, -0.05) is 0 Å². The van der Waals surface area contributed by atoms with E-state index in [1.54, 1.807) is 0 Å². The van der Waals surface area contributed by atoms with Gasteiger partial charge in [-0.3, -0.25) is 9.69 Å². The Hall–Kier alpha value is -0.650. The SMILES string of the molecule is COC(=O)C(C1CC1)N1CC(O)C(O)C1. The highest BCUT2D eigenvalue weighted by atomic mass is 16.5. The van der Waals surface area contributed by atoms with Gasteiger partial charge < -0.3 is 14.9 Å². The molecule has 2 aliphatic rings. The number of rotatable bonds is 3. The molecule has 2 rings (SSSR count). The number of aliphatic hydroxyl groups is 2. The van der Waals surface area contributed by atoms with E-state index >= 15 is 0 Å². The second kappa shape index (κ2) is 4.08. The van der Waals surface area contributed by atoms with Crippen LogP contribution in [0.2, 0.25) is 0 Å². The molecule has 5 heteroatoms. The summed E-state index contributed by atoms with van der Waals surface area (Å²) >= 11 is 0. The van der Waals surface area contributed by atoms with Gasteiger partial charge in [0.25, 0.3) is 0 Å². The first-order valence-electron chi connectivity index (χ1n) is 5.31. The highest BCUT2D eigenvalue weighted by molar-refractivity contribution is 5.76. The summed E-state index contributed by atoms with van der Waals surface area (Å²) in [6.45, 7) is 0.717. The molecule has 0 aromatic heterocycles. The zero-order valence-electron chi connectivity index (χ0n) is 8.80. The third kappa shape index (κ3) is 2.14. The lowest BCUT2D eigenvalue weighted by Crippen LogP contribution is -2.42. The van der Waals surface area contributed by atoms with Gasteiger partial charge in [0, 0.05) is 13.1 Å². The van der Waals surface area contributed by atoms with Gasteiger partial charge in [-0.2, -0.15) is 0 Å². The van der Waals surface area contributed by atoms with Crippen molar-refractivity contribution in [2.45, 2.75) is 31.1 Å². The van der Waals surface area contributed by atoms with E-state index < -0.39 is 12.2 Å². The summed E-state index contributed by atoms with van der Waals surface area (Å²) in [7, 11) is 1.38. The fourth-order valence-corrected chi connectivity index (χ4v) is 2.20. The Kier molecular flexibility index (Phi) is 2.95. The fraction of sp³-hybridized carbons (Fsp3) is 0.900. The molecule has 1 saturated heterocycles. The minimum Gasteiger partial charge on any atom is -0.468 e. The number of likely N-dealkylation sites (tertiary alicyclic amines) is 1. The van der Waals surface area contributed by atoms with E-state index in [1.807, 2.05) is 4.90 Å². The lowest BCUT2D eigenvalue weighted by Gasteiger charge is -2.24. The van der Waals surface area contributed by atoms with Crippen LogP contribution >= 0.6 is 0 Å². The summed E-state index contributed by atoms with van der Waals surface area (Å²) in [5, 5.41) is 18.9. The van der Waals surface area contributed by atoms with Crippen LogP contribution in [0.4, 0.5) is 0 Å². The fourth-order valence-electron chi connectivity index (χ4n) is 2.20. The predicted octanol–water partition coefficient (Wildman–Crippen LogP) is -1.02. The second-order valence-electron chi connectivity index (χ2n) is 4.39. The van der Waals surface area contributed by atoms with Gasteiger partial charge in [-0.05, 0) is 18.8 Å². The van der Waals surface area contributed by atoms with Crippen molar-refractivity contribution < 1.29 is 19.7 Å². The van der Waals surface area contributed by atoms with Gasteiger partial charge in [-0.15, -0.1) is 0 Å². The number of esters is 1. The van der Waals surface area contributed by atoms with Crippen molar-refractivity contribution in [3.8, 4) is 0 Å². The third-order valence-electron chi connectivity index (χ3n) is 3.19. The van der Waals surface area contributed by atoms with Crippen LogP contribution in [0.15, 0.2) is 0 Å². The van der Waals surface area contributed by atoms with Crippen molar-refractivity contribution in [2.75, 3.05) is 20.2 Å². The molecular formula is C10H17NO4. The summed E-state index contributed by atoms with van der Waals surface area (Å²) in [5.41, 5.74) is 0. The molecule has 3 atom stereocenters. The van der Waals surface area contributed by atoms with E-state index in [0.717, 1.165) is 12.8 Å². The number of hydrogen-bond acceptors (Lipinski definition) is 5. The molecule has 0 amide bonds. The summed E-state index contributed by atoms with van der Waals surface area (Å²) in [5.74, 6) is 0.0914. The van der Waals surface area contributed by atoms with Crippen molar-refractivity contribution in [2.24, 2.45) is 5.92 Å². The quantitative estimate of drug-likeness (QED) is 0.589. The Morgan fingerprint density at radius 2 is 1.87 bits per heavy atom. The number of methoxy groups -OCH3 is 1. The molecule has 1 heterocycles. The maximum atomic E-state index is 11.6. The predicted molar refractivity (Wildman–Crippen MR) is 52.1 cm³/mol. The first-order valence-corrected chi connectivity index (χ1v) is 5.31. The number of ether oxygens (including phenoxy) is 1. The molecule has 2 fully saturated rings. The van der Waals surface area contributed by atoms with Crippen molar-refractivity contribution in [3.63, 3.8) is 0 Å². The average Bonchev–Trinajstić information content (AvgIpc) is 2.96. The Morgan fingerprint density at radius 3 is 2.27 bits per heavy atom. The van der Waals surface area contributed by atoms with Crippen molar-refractivity contribution in [1.82, 2.24) is 4.90 Å². The number of hydrogen-bond donors (Lipinski definition) is 2. The van der Waals surface area contributed by atoms with E-state index in [0.29, 0.717) is 19.0 Å². The number of nitrogens with zero attached hydrogens (tertiary/aromatic N) is 1. The summed E-state index contributed by atoms with van der Waals surface area (Å²) in [6, 6.07) is -0.276. The first kappa shape index (κ1) is 10.9. The van der Waals surface area contributed by atoms with Crippen LogP contribution in [-0.2, 0) is 9.53 Å². The van der Waals surface area contributed by atoms with Crippen molar-refractivity contribution in [1.29, 1.82) is 0 Å². The van der Waals surface area contributed by atoms with E-state index in [1.165, 1.54) is 7.11 Å². The van der Waals surface area contributed by atoms with Crippen LogP contribution in [-0.4, -0.2) is 59.5 Å². The molecule has 0 spiro atoms. The standard InChI is InChI=1S/C10H17NO4/c1-15-10(14)9(6-2-3-6)11-4-7(12)8(13)5-11/h6-9,12-13H,2-5H2,1H3. The lowest BCUT2D eigenvalue weighted by atomic mass is 10.1. The van der Waals surface area contributed by atoms with Gasteiger partial charge in [0.15, 0.2) is 0 Å². The van der Waals surface area contributed by atoms with Gasteiger partial charge in [0.1, 0.15) is 6.04 Å². The van der Waals surface area contributed by atoms with Gasteiger partial charge in [0.05, 0.1) is 19.3 Å². The highest BCUT2D eigenvalue weighted by Gasteiger charge is 2.45. The van der Waals surface area contributed by atoms with Gasteiger partial charge >= 0.3 is 5.97 Å². The van der Waals surface area contributed by atoms with Crippen LogP contribution in [0.5, 0.6) is 0 Å². The van der Waals surface area contributed by atoms with E-state index in [-0.39, 0.29) is 12.0 Å². The smallest absolute Gasteiger partial charge is 0.323 e. The molecule has 0 bridgehead atoms. The normalized spacial score (nSPS) is 34.1. The van der Waals surface area contributed by atoms with E-state index in [2.05, 4.69) is 0 Å². The zero-order valence-corrected chi connectivity index (χ0v) is 8.80. The number of aliphatic hydroxyl groups excluding tert-OH is 2. The Balaban J connectivity index is 2.02. The molecule has 0 aromatic carbocycles. The van der Waals surface area contributed by atoms with Crippen LogP contribution < -0.4 is 0 Å². The Bertz CT molecular complexity index is 244. The largest absolute Gasteiger partial charge is 0.468 e. The first-order chi connectivity index (χ1) is 7.13. The van der Waals surface area contributed by atoms with Gasteiger partial charge in [0.2, 0.25) is 0 Å². The molecule has 1 saturated carbocycles. The van der Waals surface area contributed by atoms with Crippen LogP contribution in [0.1, 0.15) is 12.8 Å². The minimum absolute atomic E-state index is 0.251. The summed E-state index contributed by atoms with van der Waals surface area (Å²) in [4.78, 5) is 13.4. The molecule has 15 heavy (non-hydrogen) atoms. The second-order valence-corrected chi connectivity index (χ2v) is 4.39. The van der Waals surface area contributed by atoms with Gasteiger partial charge in [-0.25, -0.2) is 0 Å². The molecular weight excluding hydrogens is 198 g/mol.